The number of nitrogens with one attached hydrogen (secondary N) is 1. The summed E-state index contributed by atoms with van der Waals surface area (Å²) in [4.78, 5) is 23.2. The van der Waals surface area contributed by atoms with Gasteiger partial charge in [-0.1, -0.05) is 25.4 Å². The van der Waals surface area contributed by atoms with E-state index >= 15 is 0 Å². The van der Waals surface area contributed by atoms with E-state index < -0.39 is 5.97 Å². The lowest BCUT2D eigenvalue weighted by atomic mass is 10.0. The SMILES string of the molecule is Cc1cc(OCC(=O)OCC(=O)NC2CC2)c(C(C)C)cc1Cl. The number of hydrogen-bond acceptors (Lipinski definition) is 4. The number of benzene rings is 1. The fraction of sp³-hybridized carbons (Fsp3) is 0.529. The molecule has 126 valence electrons. The van der Waals surface area contributed by atoms with Crippen LogP contribution in [-0.2, 0) is 14.3 Å². The summed E-state index contributed by atoms with van der Waals surface area (Å²) in [5, 5.41) is 3.42. The van der Waals surface area contributed by atoms with Gasteiger partial charge in [-0.25, -0.2) is 4.79 Å². The van der Waals surface area contributed by atoms with Crippen molar-refractivity contribution in [2.45, 2.75) is 45.6 Å². The van der Waals surface area contributed by atoms with Crippen LogP contribution in [0.1, 0.15) is 43.7 Å². The first-order valence-corrected chi connectivity index (χ1v) is 8.12. The second-order valence-corrected chi connectivity index (χ2v) is 6.49. The summed E-state index contributed by atoms with van der Waals surface area (Å²) in [6.07, 6.45) is 1.99. The third-order valence-electron chi connectivity index (χ3n) is 3.57. The Morgan fingerprint density at radius 1 is 1.30 bits per heavy atom. The van der Waals surface area contributed by atoms with Crippen molar-refractivity contribution in [1.29, 1.82) is 0 Å². The summed E-state index contributed by atoms with van der Waals surface area (Å²) in [5.41, 5.74) is 1.81. The molecular weight excluding hydrogens is 318 g/mol. The van der Waals surface area contributed by atoms with E-state index in [-0.39, 0.29) is 31.1 Å². The molecular formula is C17H22ClNO4. The Kier molecular flexibility index (Phi) is 5.88. The van der Waals surface area contributed by atoms with E-state index in [0.717, 1.165) is 24.0 Å². The first-order chi connectivity index (χ1) is 10.9. The fourth-order valence-electron chi connectivity index (χ4n) is 2.07. The number of amides is 1. The van der Waals surface area contributed by atoms with Crippen molar-refractivity contribution < 1.29 is 19.1 Å². The second-order valence-electron chi connectivity index (χ2n) is 6.09. The molecule has 0 bridgehead atoms. The minimum atomic E-state index is -0.571. The molecule has 0 saturated heterocycles. The van der Waals surface area contributed by atoms with Gasteiger partial charge in [-0.05, 0) is 48.9 Å². The topological polar surface area (TPSA) is 64.6 Å². The van der Waals surface area contributed by atoms with Gasteiger partial charge in [0.15, 0.2) is 13.2 Å². The molecule has 23 heavy (non-hydrogen) atoms. The summed E-state index contributed by atoms with van der Waals surface area (Å²) in [6, 6.07) is 3.92. The maximum atomic E-state index is 11.7. The Hall–Kier alpha value is -1.75. The minimum absolute atomic E-state index is 0.212. The smallest absolute Gasteiger partial charge is 0.344 e. The number of carbonyl (C=O) groups excluding carboxylic acids is 2. The molecule has 1 amide bonds. The van der Waals surface area contributed by atoms with Crippen LogP contribution in [0.3, 0.4) is 0 Å². The van der Waals surface area contributed by atoms with E-state index in [1.807, 2.05) is 32.9 Å². The molecule has 2 rings (SSSR count). The van der Waals surface area contributed by atoms with Crippen LogP contribution >= 0.6 is 11.6 Å². The molecule has 0 unspecified atom stereocenters. The van der Waals surface area contributed by atoms with Crippen LogP contribution in [0.2, 0.25) is 5.02 Å². The van der Waals surface area contributed by atoms with Crippen LogP contribution in [0.15, 0.2) is 12.1 Å². The van der Waals surface area contributed by atoms with Crippen LogP contribution in [0.5, 0.6) is 5.75 Å². The molecule has 1 aromatic rings. The predicted molar refractivity (Wildman–Crippen MR) is 87.9 cm³/mol. The Morgan fingerprint density at radius 2 is 2.00 bits per heavy atom. The van der Waals surface area contributed by atoms with Gasteiger partial charge in [-0.2, -0.15) is 0 Å². The number of hydrogen-bond donors (Lipinski definition) is 1. The van der Waals surface area contributed by atoms with E-state index in [1.165, 1.54) is 0 Å². The Balaban J connectivity index is 1.85. The largest absolute Gasteiger partial charge is 0.482 e. The molecule has 1 fully saturated rings. The highest BCUT2D eigenvalue weighted by molar-refractivity contribution is 6.31. The van der Waals surface area contributed by atoms with Crippen LogP contribution in [0, 0.1) is 6.92 Å². The first kappa shape index (κ1) is 17.6. The highest BCUT2D eigenvalue weighted by Gasteiger charge is 2.23. The molecule has 6 heteroatoms. The molecule has 1 aliphatic rings. The third kappa shape index (κ3) is 5.43. The first-order valence-electron chi connectivity index (χ1n) is 7.74. The summed E-state index contributed by atoms with van der Waals surface area (Å²) in [6.45, 7) is 5.41. The quantitative estimate of drug-likeness (QED) is 0.776. The van der Waals surface area contributed by atoms with Gasteiger partial charge in [0.2, 0.25) is 0 Å². The lowest BCUT2D eigenvalue weighted by Gasteiger charge is -2.15. The van der Waals surface area contributed by atoms with Crippen LogP contribution < -0.4 is 10.1 Å². The highest BCUT2D eigenvalue weighted by atomic mass is 35.5. The molecule has 1 aliphatic carbocycles. The van der Waals surface area contributed by atoms with Gasteiger partial charge in [0, 0.05) is 11.1 Å². The van der Waals surface area contributed by atoms with E-state index in [4.69, 9.17) is 21.1 Å². The molecule has 1 N–H and O–H groups in total. The van der Waals surface area contributed by atoms with Crippen LogP contribution in [0.4, 0.5) is 0 Å². The zero-order valence-electron chi connectivity index (χ0n) is 13.6. The summed E-state index contributed by atoms with van der Waals surface area (Å²) in [5.74, 6) is -0.0194. The number of aryl methyl sites for hydroxylation is 1. The zero-order chi connectivity index (χ0) is 17.0. The second kappa shape index (κ2) is 7.68. The normalized spacial score (nSPS) is 13.8. The van der Waals surface area contributed by atoms with Gasteiger partial charge < -0.3 is 14.8 Å². The van der Waals surface area contributed by atoms with E-state index in [2.05, 4.69) is 5.32 Å². The Labute approximate surface area is 141 Å². The van der Waals surface area contributed by atoms with Crippen LogP contribution in [0.25, 0.3) is 0 Å². The predicted octanol–water partition coefficient (Wildman–Crippen LogP) is 2.97. The average Bonchev–Trinajstić information content (AvgIpc) is 3.29. The van der Waals surface area contributed by atoms with Crippen LogP contribution in [-0.4, -0.2) is 31.1 Å². The van der Waals surface area contributed by atoms with Crippen molar-refractivity contribution in [3.8, 4) is 5.75 Å². The van der Waals surface area contributed by atoms with Crippen molar-refractivity contribution in [2.24, 2.45) is 0 Å². The Bertz CT molecular complexity index is 597. The fourth-order valence-corrected chi connectivity index (χ4v) is 2.24. The molecule has 1 aromatic carbocycles. The highest BCUT2D eigenvalue weighted by Crippen LogP contribution is 2.31. The van der Waals surface area contributed by atoms with E-state index in [9.17, 15) is 9.59 Å². The number of rotatable bonds is 7. The van der Waals surface area contributed by atoms with Crippen molar-refractivity contribution in [2.75, 3.05) is 13.2 Å². The summed E-state index contributed by atoms with van der Waals surface area (Å²) >= 11 is 6.13. The molecule has 0 aliphatic heterocycles. The van der Waals surface area contributed by atoms with Gasteiger partial charge in [0.25, 0.3) is 5.91 Å². The maximum Gasteiger partial charge on any atom is 0.344 e. The van der Waals surface area contributed by atoms with Gasteiger partial charge in [-0.15, -0.1) is 0 Å². The number of esters is 1. The molecule has 5 nitrogen and oxygen atoms in total. The third-order valence-corrected chi connectivity index (χ3v) is 3.97. The summed E-state index contributed by atoms with van der Waals surface area (Å²) < 4.78 is 10.5. The summed E-state index contributed by atoms with van der Waals surface area (Å²) in [7, 11) is 0. The van der Waals surface area contributed by atoms with Gasteiger partial charge in [0.1, 0.15) is 5.75 Å². The standard InChI is InChI=1S/C17H22ClNO4/c1-10(2)13-7-14(18)11(3)6-15(13)22-9-17(21)23-8-16(20)19-12-4-5-12/h6-7,10,12H,4-5,8-9H2,1-3H3,(H,19,20). The van der Waals surface area contributed by atoms with E-state index in [0.29, 0.717) is 10.8 Å². The molecule has 0 radical (unpaired) electrons. The van der Waals surface area contributed by atoms with Crippen molar-refractivity contribution in [3.05, 3.63) is 28.3 Å². The van der Waals surface area contributed by atoms with Crippen molar-refractivity contribution >= 4 is 23.5 Å². The molecule has 0 aromatic heterocycles. The average molecular weight is 340 g/mol. The molecule has 1 saturated carbocycles. The molecule has 0 spiro atoms. The van der Waals surface area contributed by atoms with Crippen molar-refractivity contribution in [1.82, 2.24) is 5.32 Å². The van der Waals surface area contributed by atoms with E-state index in [1.54, 1.807) is 0 Å². The minimum Gasteiger partial charge on any atom is -0.482 e. The number of ether oxygens (including phenoxy) is 2. The van der Waals surface area contributed by atoms with Gasteiger partial charge in [-0.3, -0.25) is 4.79 Å². The Morgan fingerprint density at radius 3 is 2.61 bits per heavy atom. The van der Waals surface area contributed by atoms with Gasteiger partial charge in [0.05, 0.1) is 0 Å². The number of halogens is 1. The zero-order valence-corrected chi connectivity index (χ0v) is 14.4. The van der Waals surface area contributed by atoms with Gasteiger partial charge >= 0.3 is 5.97 Å². The molecule has 0 atom stereocenters. The monoisotopic (exact) mass is 339 g/mol. The number of carbonyl (C=O) groups is 2. The van der Waals surface area contributed by atoms with Crippen molar-refractivity contribution in [3.63, 3.8) is 0 Å². The lowest BCUT2D eigenvalue weighted by Crippen LogP contribution is -2.31. The molecule has 0 heterocycles. The lowest BCUT2D eigenvalue weighted by molar-refractivity contribution is -0.150. The maximum absolute atomic E-state index is 11.7.